The number of carbonyl (C=O) groups is 1. The minimum atomic E-state index is -0.359. The van der Waals surface area contributed by atoms with Crippen molar-refractivity contribution in [3.63, 3.8) is 0 Å². The van der Waals surface area contributed by atoms with Crippen molar-refractivity contribution in [1.82, 2.24) is 15.1 Å². The average molecular weight is 398 g/mol. The Balaban J connectivity index is 0.00000261. The van der Waals surface area contributed by atoms with E-state index in [1.807, 2.05) is 0 Å². The van der Waals surface area contributed by atoms with Gasteiger partial charge < -0.3 is 16.0 Å². The molecule has 1 saturated heterocycles. The zero-order valence-corrected chi connectivity index (χ0v) is 16.9. The molecular formula is C19H32ClN5O2. The Hall–Kier alpha value is -1.60. The van der Waals surface area contributed by atoms with Gasteiger partial charge in [-0.15, -0.1) is 12.4 Å². The molecule has 0 aromatic carbocycles. The lowest BCUT2D eigenvalue weighted by Gasteiger charge is -2.34. The lowest BCUT2D eigenvalue weighted by Crippen LogP contribution is -2.48. The van der Waals surface area contributed by atoms with Gasteiger partial charge in [0.15, 0.2) is 0 Å². The van der Waals surface area contributed by atoms with E-state index in [-0.39, 0.29) is 29.9 Å². The highest BCUT2D eigenvalue weighted by molar-refractivity contribution is 5.85. The number of halogens is 1. The van der Waals surface area contributed by atoms with Crippen LogP contribution in [0, 0.1) is 11.8 Å². The van der Waals surface area contributed by atoms with E-state index >= 15 is 0 Å². The minimum absolute atomic E-state index is 0. The smallest absolute Gasteiger partial charge is 0.268 e. The van der Waals surface area contributed by atoms with Crippen LogP contribution >= 0.6 is 12.4 Å². The van der Waals surface area contributed by atoms with Crippen molar-refractivity contribution in [2.75, 3.05) is 24.5 Å². The van der Waals surface area contributed by atoms with Crippen LogP contribution < -0.4 is 21.5 Å². The van der Waals surface area contributed by atoms with Crippen molar-refractivity contribution in [3.8, 4) is 0 Å². The topological polar surface area (TPSA) is 93.2 Å². The van der Waals surface area contributed by atoms with Crippen LogP contribution in [0.5, 0.6) is 0 Å². The normalized spacial score (nSPS) is 20.0. The number of rotatable bonds is 5. The first-order chi connectivity index (χ1) is 12.5. The molecule has 8 heteroatoms. The molecule has 2 aliphatic rings. The van der Waals surface area contributed by atoms with Crippen molar-refractivity contribution in [1.29, 1.82) is 0 Å². The van der Waals surface area contributed by atoms with Gasteiger partial charge in [-0.3, -0.25) is 9.59 Å². The summed E-state index contributed by atoms with van der Waals surface area (Å²) in [5, 5.41) is 7.16. The number of nitrogens with one attached hydrogen (secondary N) is 1. The summed E-state index contributed by atoms with van der Waals surface area (Å²) in [4.78, 5) is 26.3. The van der Waals surface area contributed by atoms with Gasteiger partial charge in [0.1, 0.15) is 0 Å². The quantitative estimate of drug-likeness (QED) is 0.784. The predicted molar refractivity (Wildman–Crippen MR) is 109 cm³/mol. The SMILES string of the molecule is Cl.Cn1ncc(N2CCC(CNC(=O)[C@@H](N)C3CCCCC3)CC2)cc1=O. The van der Waals surface area contributed by atoms with Crippen LogP contribution in [0.2, 0.25) is 0 Å². The van der Waals surface area contributed by atoms with Crippen molar-refractivity contribution in [2.24, 2.45) is 24.6 Å². The lowest BCUT2D eigenvalue weighted by molar-refractivity contribution is -0.124. The van der Waals surface area contributed by atoms with Crippen LogP contribution in [0.3, 0.4) is 0 Å². The maximum Gasteiger partial charge on any atom is 0.268 e. The van der Waals surface area contributed by atoms with Crippen LogP contribution in [-0.4, -0.2) is 41.4 Å². The first-order valence-corrected chi connectivity index (χ1v) is 9.86. The molecule has 27 heavy (non-hydrogen) atoms. The Kier molecular flexibility index (Phi) is 8.10. The molecule has 1 atom stereocenters. The van der Waals surface area contributed by atoms with Crippen molar-refractivity contribution in [2.45, 2.75) is 51.0 Å². The Morgan fingerprint density at radius 1 is 1.26 bits per heavy atom. The number of aromatic nitrogens is 2. The molecule has 2 heterocycles. The number of aryl methyl sites for hydroxylation is 1. The van der Waals surface area contributed by atoms with Gasteiger partial charge in [0.2, 0.25) is 5.91 Å². The molecule has 152 valence electrons. The molecular weight excluding hydrogens is 366 g/mol. The van der Waals surface area contributed by atoms with Gasteiger partial charge in [0, 0.05) is 32.7 Å². The predicted octanol–water partition coefficient (Wildman–Crippen LogP) is 1.44. The van der Waals surface area contributed by atoms with E-state index in [9.17, 15) is 9.59 Å². The van der Waals surface area contributed by atoms with E-state index in [1.165, 1.54) is 23.9 Å². The summed E-state index contributed by atoms with van der Waals surface area (Å²) in [6.07, 6.45) is 9.56. The number of carbonyl (C=O) groups excluding carboxylic acids is 1. The van der Waals surface area contributed by atoms with Crippen LogP contribution in [0.15, 0.2) is 17.1 Å². The Morgan fingerprint density at radius 3 is 2.56 bits per heavy atom. The monoisotopic (exact) mass is 397 g/mol. The van der Waals surface area contributed by atoms with Gasteiger partial charge in [0.25, 0.3) is 5.56 Å². The third-order valence-corrected chi connectivity index (χ3v) is 5.96. The number of hydrogen-bond acceptors (Lipinski definition) is 5. The van der Waals surface area contributed by atoms with E-state index in [4.69, 9.17) is 5.73 Å². The number of hydrogen-bond donors (Lipinski definition) is 2. The maximum absolute atomic E-state index is 12.3. The second-order valence-electron chi connectivity index (χ2n) is 7.78. The third-order valence-electron chi connectivity index (χ3n) is 5.96. The highest BCUT2D eigenvalue weighted by atomic mass is 35.5. The Labute approximate surface area is 167 Å². The maximum atomic E-state index is 12.3. The molecule has 0 spiro atoms. The summed E-state index contributed by atoms with van der Waals surface area (Å²) < 4.78 is 1.33. The highest BCUT2D eigenvalue weighted by Crippen LogP contribution is 2.26. The summed E-state index contributed by atoms with van der Waals surface area (Å²) in [7, 11) is 1.65. The van der Waals surface area contributed by atoms with Gasteiger partial charge in [-0.25, -0.2) is 4.68 Å². The molecule has 0 bridgehead atoms. The van der Waals surface area contributed by atoms with E-state index in [2.05, 4.69) is 15.3 Å². The fourth-order valence-corrected chi connectivity index (χ4v) is 4.10. The molecule has 3 rings (SSSR count). The Bertz CT molecular complexity index is 666. The molecule has 0 unspecified atom stereocenters. The summed E-state index contributed by atoms with van der Waals surface area (Å²) in [5.74, 6) is 0.821. The van der Waals surface area contributed by atoms with Crippen LogP contribution in [0.25, 0.3) is 0 Å². The van der Waals surface area contributed by atoms with Gasteiger partial charge >= 0.3 is 0 Å². The van der Waals surface area contributed by atoms with Crippen molar-refractivity contribution < 1.29 is 4.79 Å². The van der Waals surface area contributed by atoms with Crippen molar-refractivity contribution >= 4 is 24.0 Å². The number of anilines is 1. The zero-order valence-electron chi connectivity index (χ0n) is 16.1. The molecule has 7 nitrogen and oxygen atoms in total. The first kappa shape index (κ1) is 21.7. The lowest BCUT2D eigenvalue weighted by atomic mass is 9.84. The number of nitrogens with two attached hydrogens (primary N) is 1. The third kappa shape index (κ3) is 5.69. The van der Waals surface area contributed by atoms with Crippen LogP contribution in [-0.2, 0) is 11.8 Å². The molecule has 1 aromatic heterocycles. The fourth-order valence-electron chi connectivity index (χ4n) is 4.10. The molecule has 1 amide bonds. The minimum Gasteiger partial charge on any atom is -0.370 e. The largest absolute Gasteiger partial charge is 0.370 e. The van der Waals surface area contributed by atoms with Crippen LogP contribution in [0.4, 0.5) is 5.69 Å². The molecule has 1 aliphatic heterocycles. The van der Waals surface area contributed by atoms with E-state index < -0.39 is 0 Å². The second kappa shape index (κ2) is 10.1. The summed E-state index contributed by atoms with van der Waals surface area (Å²) in [5.41, 5.74) is 6.97. The van der Waals surface area contributed by atoms with Gasteiger partial charge in [-0.1, -0.05) is 19.3 Å². The standard InChI is InChI=1S/C19H31N5O2.ClH/c1-23-17(25)11-16(13-22-23)24-9-7-14(8-10-24)12-21-19(26)18(20)15-5-3-2-4-6-15;/h11,13-15,18H,2-10,12,20H2,1H3,(H,21,26);1H/t18-;/m0./s1. The summed E-state index contributed by atoms with van der Waals surface area (Å²) in [6, 6.07) is 1.28. The summed E-state index contributed by atoms with van der Waals surface area (Å²) >= 11 is 0. The van der Waals surface area contributed by atoms with E-state index in [1.54, 1.807) is 19.3 Å². The Morgan fingerprint density at radius 2 is 1.93 bits per heavy atom. The average Bonchev–Trinajstić information content (AvgIpc) is 2.68. The molecule has 3 N–H and O–H groups in total. The van der Waals surface area contributed by atoms with Gasteiger partial charge in [0.05, 0.1) is 17.9 Å². The highest BCUT2D eigenvalue weighted by Gasteiger charge is 2.27. The molecule has 1 aliphatic carbocycles. The molecule has 1 aromatic rings. The van der Waals surface area contributed by atoms with Gasteiger partial charge in [-0.05, 0) is 37.5 Å². The van der Waals surface area contributed by atoms with E-state index in [0.29, 0.717) is 18.4 Å². The van der Waals surface area contributed by atoms with E-state index in [0.717, 1.165) is 44.5 Å². The fraction of sp³-hybridized carbons (Fsp3) is 0.737. The second-order valence-corrected chi connectivity index (χ2v) is 7.78. The first-order valence-electron chi connectivity index (χ1n) is 9.86. The molecule has 1 saturated carbocycles. The van der Waals surface area contributed by atoms with Crippen LogP contribution in [0.1, 0.15) is 44.9 Å². The molecule has 2 fully saturated rings. The number of piperidine rings is 1. The summed E-state index contributed by atoms with van der Waals surface area (Å²) in [6.45, 7) is 2.45. The zero-order chi connectivity index (χ0) is 18.5. The van der Waals surface area contributed by atoms with Gasteiger partial charge in [-0.2, -0.15) is 5.10 Å². The van der Waals surface area contributed by atoms with Crippen molar-refractivity contribution in [3.05, 3.63) is 22.6 Å². The number of amides is 1. The molecule has 0 radical (unpaired) electrons. The number of nitrogens with zero attached hydrogens (tertiary/aromatic N) is 3.